The summed E-state index contributed by atoms with van der Waals surface area (Å²) in [4.78, 5) is 34.4. The Kier molecular flexibility index (Phi) is 7.99. The molecule has 2 aromatic heterocycles. The van der Waals surface area contributed by atoms with Gasteiger partial charge in [0.1, 0.15) is 23.3 Å². The molecule has 1 atom stereocenters. The molecular formula is C28H30BrN3O6S. The van der Waals surface area contributed by atoms with Crippen molar-refractivity contribution < 1.29 is 23.4 Å². The Morgan fingerprint density at radius 2 is 1.97 bits per heavy atom. The van der Waals surface area contributed by atoms with Crippen molar-refractivity contribution in [1.29, 1.82) is 0 Å². The number of rotatable bonds is 7. The summed E-state index contributed by atoms with van der Waals surface area (Å²) in [6.45, 7) is 5.56. The average molecular weight is 617 g/mol. The van der Waals surface area contributed by atoms with Gasteiger partial charge in [-0.1, -0.05) is 11.3 Å². The number of fused-ring (bicyclic) bond motifs is 1. The molecule has 1 saturated heterocycles. The molecule has 3 aromatic rings. The van der Waals surface area contributed by atoms with E-state index in [4.69, 9.17) is 18.6 Å². The third kappa shape index (κ3) is 5.17. The summed E-state index contributed by atoms with van der Waals surface area (Å²) in [5.74, 6) is 1.88. The number of thiazole rings is 1. The van der Waals surface area contributed by atoms with Crippen LogP contribution in [0.4, 0.5) is 5.88 Å². The molecule has 0 unspecified atom stereocenters. The van der Waals surface area contributed by atoms with Crippen molar-refractivity contribution in [2.24, 2.45) is 4.99 Å². The number of benzene rings is 1. The van der Waals surface area contributed by atoms with Gasteiger partial charge in [0.15, 0.2) is 4.80 Å². The first kappa shape index (κ1) is 27.3. The maximum Gasteiger partial charge on any atom is 0.338 e. The number of ether oxygens (including phenoxy) is 3. The first-order valence-corrected chi connectivity index (χ1v) is 14.4. The minimum absolute atomic E-state index is 0.194. The highest BCUT2D eigenvalue weighted by atomic mass is 79.9. The highest BCUT2D eigenvalue weighted by Crippen LogP contribution is 2.38. The number of carbonyl (C=O) groups excluding carboxylic acids is 1. The second-order valence-corrected chi connectivity index (χ2v) is 11.1. The van der Waals surface area contributed by atoms with E-state index in [2.05, 4.69) is 25.8 Å². The zero-order valence-corrected chi connectivity index (χ0v) is 24.7. The van der Waals surface area contributed by atoms with Crippen LogP contribution in [0.3, 0.4) is 0 Å². The summed E-state index contributed by atoms with van der Waals surface area (Å²) in [6, 6.07) is 6.38. The number of methoxy groups -OCH3 is 2. The summed E-state index contributed by atoms with van der Waals surface area (Å²) >= 11 is 4.87. The molecule has 0 spiro atoms. The third-order valence-electron chi connectivity index (χ3n) is 6.86. The van der Waals surface area contributed by atoms with Crippen molar-refractivity contribution in [2.75, 3.05) is 38.8 Å². The van der Waals surface area contributed by atoms with E-state index in [1.54, 1.807) is 45.2 Å². The zero-order chi connectivity index (χ0) is 27.7. The van der Waals surface area contributed by atoms with Crippen LogP contribution in [-0.2, 0) is 9.53 Å². The molecule has 0 amide bonds. The number of halogens is 1. The molecule has 2 aliphatic heterocycles. The molecule has 0 aliphatic carbocycles. The van der Waals surface area contributed by atoms with Gasteiger partial charge >= 0.3 is 5.97 Å². The van der Waals surface area contributed by atoms with E-state index in [0.29, 0.717) is 37.9 Å². The van der Waals surface area contributed by atoms with Crippen molar-refractivity contribution in [3.05, 3.63) is 71.0 Å². The number of hydrogen-bond donors (Lipinski definition) is 0. The van der Waals surface area contributed by atoms with Crippen LogP contribution in [0.5, 0.6) is 11.5 Å². The molecule has 0 bridgehead atoms. The number of hydrogen-bond acceptors (Lipinski definition) is 9. The Labute approximate surface area is 238 Å². The smallest absolute Gasteiger partial charge is 0.338 e. The van der Waals surface area contributed by atoms with Gasteiger partial charge in [0.05, 0.1) is 41.1 Å². The largest absolute Gasteiger partial charge is 0.497 e. The molecule has 1 aromatic carbocycles. The Balaban J connectivity index is 1.66. The number of anilines is 1. The Morgan fingerprint density at radius 3 is 2.67 bits per heavy atom. The highest BCUT2D eigenvalue weighted by molar-refractivity contribution is 9.10. The number of carbonyl (C=O) groups is 1. The fraction of sp³-hybridized carbons (Fsp3) is 0.393. The summed E-state index contributed by atoms with van der Waals surface area (Å²) in [5, 5.41) is 0. The highest BCUT2D eigenvalue weighted by Gasteiger charge is 2.35. The van der Waals surface area contributed by atoms with Crippen molar-refractivity contribution >= 4 is 45.2 Å². The maximum absolute atomic E-state index is 13.9. The maximum atomic E-state index is 13.9. The molecule has 11 heteroatoms. The van der Waals surface area contributed by atoms with Crippen LogP contribution in [-0.4, -0.2) is 44.5 Å². The number of allylic oxidation sites excluding steroid dienone is 1. The van der Waals surface area contributed by atoms with E-state index in [-0.39, 0.29) is 17.7 Å². The predicted octanol–water partition coefficient (Wildman–Crippen LogP) is 4.16. The average Bonchev–Trinajstić information content (AvgIpc) is 3.46. The zero-order valence-electron chi connectivity index (χ0n) is 22.3. The minimum Gasteiger partial charge on any atom is -0.497 e. The second kappa shape index (κ2) is 11.4. The van der Waals surface area contributed by atoms with Gasteiger partial charge in [-0.3, -0.25) is 9.36 Å². The lowest BCUT2D eigenvalue weighted by atomic mass is 9.95. The van der Waals surface area contributed by atoms with E-state index in [1.165, 1.54) is 29.4 Å². The van der Waals surface area contributed by atoms with Crippen molar-refractivity contribution in [1.82, 2.24) is 4.57 Å². The minimum atomic E-state index is -0.796. The number of aromatic nitrogens is 1. The van der Waals surface area contributed by atoms with Crippen molar-refractivity contribution in [3.63, 3.8) is 0 Å². The van der Waals surface area contributed by atoms with Crippen LogP contribution < -0.4 is 29.3 Å². The lowest BCUT2D eigenvalue weighted by Crippen LogP contribution is -2.40. The van der Waals surface area contributed by atoms with Gasteiger partial charge in [-0.25, -0.2) is 9.79 Å². The molecular weight excluding hydrogens is 586 g/mol. The first-order valence-electron chi connectivity index (χ1n) is 12.8. The van der Waals surface area contributed by atoms with E-state index < -0.39 is 12.0 Å². The normalized spacial score (nSPS) is 17.6. The predicted molar refractivity (Wildman–Crippen MR) is 152 cm³/mol. The Hall–Kier alpha value is -3.31. The quantitative estimate of drug-likeness (QED) is 0.368. The third-order valence-corrected chi connectivity index (χ3v) is 8.41. The van der Waals surface area contributed by atoms with E-state index in [9.17, 15) is 9.59 Å². The second-order valence-electron chi connectivity index (χ2n) is 9.26. The van der Waals surface area contributed by atoms with Gasteiger partial charge in [-0.15, -0.1) is 0 Å². The lowest BCUT2D eigenvalue weighted by molar-refractivity contribution is -0.139. The summed E-state index contributed by atoms with van der Waals surface area (Å²) in [5.41, 5.74) is 1.10. The number of esters is 1. The van der Waals surface area contributed by atoms with Gasteiger partial charge in [-0.05, 0) is 61.2 Å². The van der Waals surface area contributed by atoms with E-state index >= 15 is 0 Å². The number of piperidine rings is 1. The van der Waals surface area contributed by atoms with Gasteiger partial charge in [0.2, 0.25) is 5.88 Å². The Bertz CT molecular complexity index is 1610. The molecule has 0 N–H and O–H groups in total. The van der Waals surface area contributed by atoms with Crippen LogP contribution in [0.2, 0.25) is 0 Å². The molecule has 1 fully saturated rings. The topological polar surface area (TPSA) is 95.5 Å². The van der Waals surface area contributed by atoms with Crippen LogP contribution in [0.15, 0.2) is 54.2 Å². The van der Waals surface area contributed by atoms with E-state index in [1.807, 2.05) is 6.07 Å². The van der Waals surface area contributed by atoms with Crippen LogP contribution >= 0.6 is 27.3 Å². The summed E-state index contributed by atoms with van der Waals surface area (Å²) in [6.07, 6.45) is 5.19. The summed E-state index contributed by atoms with van der Waals surface area (Å²) in [7, 11) is 3.10. The van der Waals surface area contributed by atoms with Gasteiger partial charge < -0.3 is 23.5 Å². The Morgan fingerprint density at radius 1 is 1.21 bits per heavy atom. The molecule has 0 saturated carbocycles. The molecule has 206 valence electrons. The van der Waals surface area contributed by atoms with Crippen molar-refractivity contribution in [3.8, 4) is 11.5 Å². The molecule has 39 heavy (non-hydrogen) atoms. The summed E-state index contributed by atoms with van der Waals surface area (Å²) < 4.78 is 25.4. The molecule has 5 rings (SSSR count). The fourth-order valence-corrected chi connectivity index (χ4v) is 6.60. The first-order chi connectivity index (χ1) is 18.9. The van der Waals surface area contributed by atoms with Gasteiger partial charge in [0.25, 0.3) is 5.56 Å². The van der Waals surface area contributed by atoms with Gasteiger partial charge in [0, 0.05) is 36.9 Å². The molecule has 0 radical (unpaired) electrons. The lowest BCUT2D eigenvalue weighted by Gasteiger charge is -2.26. The van der Waals surface area contributed by atoms with Crippen LogP contribution in [0.1, 0.15) is 50.5 Å². The molecule has 9 nitrogen and oxygen atoms in total. The SMILES string of the molecule is CCOC(=O)C1=C(C)N=c2s/c(=C/c3cc(Br)c(N4CCCCC4)o3)c(=O)n2[C@H]1c1ccc(OC)cc1OC. The van der Waals surface area contributed by atoms with Crippen molar-refractivity contribution in [2.45, 2.75) is 39.2 Å². The molecule has 2 aliphatic rings. The number of furan rings is 1. The van der Waals surface area contributed by atoms with Crippen LogP contribution in [0, 0.1) is 0 Å². The molecule has 4 heterocycles. The standard InChI is InChI=1S/C28H30BrN3O6S/c1-5-37-27(34)23-16(2)30-28-32(24(23)19-10-9-17(35-3)14-21(19)36-4)25(33)22(39-28)15-18-13-20(29)26(38-18)31-11-7-6-8-12-31/h9-10,13-15,24H,5-8,11-12H2,1-4H3/b22-15+/t24-/m0/s1. The fourth-order valence-electron chi connectivity index (χ4n) is 5.02. The van der Waals surface area contributed by atoms with Crippen LogP contribution in [0.25, 0.3) is 6.08 Å². The monoisotopic (exact) mass is 615 g/mol. The van der Waals surface area contributed by atoms with Gasteiger partial charge in [-0.2, -0.15) is 0 Å². The van der Waals surface area contributed by atoms with E-state index in [0.717, 1.165) is 36.3 Å². The number of nitrogens with zero attached hydrogens (tertiary/aromatic N) is 3.